The Morgan fingerprint density at radius 3 is 2.34 bits per heavy atom. The second-order valence-corrected chi connectivity index (χ2v) is 11.6. The first-order valence-corrected chi connectivity index (χ1v) is 13.6. The summed E-state index contributed by atoms with van der Waals surface area (Å²) in [5, 5.41) is 19.2. The first-order valence-electron chi connectivity index (χ1n) is 12.1. The molecule has 0 aliphatic carbocycles. The fraction of sp³-hybridized carbons (Fsp3) is 0.370. The molecule has 3 rings (SSSR count). The third-order valence-corrected chi connectivity index (χ3v) is 7.32. The van der Waals surface area contributed by atoms with E-state index in [0.717, 1.165) is 22.8 Å². The number of ether oxygens (including phenoxy) is 1. The lowest BCUT2D eigenvalue weighted by molar-refractivity contribution is 0.0647. The molecule has 0 bridgehead atoms. The Labute approximate surface area is 223 Å². The molecule has 10 nitrogen and oxygen atoms in total. The Morgan fingerprint density at radius 2 is 1.74 bits per heavy atom. The number of benzene rings is 2. The topological polar surface area (TPSA) is 165 Å². The van der Waals surface area contributed by atoms with E-state index >= 15 is 0 Å². The van der Waals surface area contributed by atoms with Gasteiger partial charge in [0.25, 0.3) is 10.0 Å². The molecule has 0 saturated carbocycles. The van der Waals surface area contributed by atoms with Crippen molar-refractivity contribution in [2.45, 2.75) is 64.0 Å². The van der Waals surface area contributed by atoms with Crippen molar-refractivity contribution in [1.82, 2.24) is 9.97 Å². The summed E-state index contributed by atoms with van der Waals surface area (Å²) >= 11 is 0. The smallest absolute Gasteiger partial charge is 0.335 e. The first-order chi connectivity index (χ1) is 17.7. The number of hydrogen-bond acceptors (Lipinski definition) is 8. The number of carbonyl (C=O) groups is 1. The van der Waals surface area contributed by atoms with Crippen molar-refractivity contribution in [3.63, 3.8) is 0 Å². The van der Waals surface area contributed by atoms with Gasteiger partial charge in [-0.3, -0.25) is 0 Å². The van der Waals surface area contributed by atoms with Gasteiger partial charge in [-0.1, -0.05) is 24.3 Å². The third-order valence-electron chi connectivity index (χ3n) is 6.00. The molecule has 0 aliphatic rings. The van der Waals surface area contributed by atoms with E-state index in [-0.39, 0.29) is 28.9 Å². The van der Waals surface area contributed by atoms with Crippen LogP contribution in [0.15, 0.2) is 47.4 Å². The zero-order valence-corrected chi connectivity index (χ0v) is 23.0. The number of carboxylic acids is 1. The molecule has 1 aromatic heterocycles. The summed E-state index contributed by atoms with van der Waals surface area (Å²) in [5.41, 5.74) is 8.94. The number of aryl methyl sites for hydroxylation is 2. The number of anilines is 1. The molecule has 1 heterocycles. The molecule has 3 aromatic rings. The van der Waals surface area contributed by atoms with Crippen molar-refractivity contribution in [2.75, 3.05) is 11.3 Å². The number of nitrogens with zero attached hydrogens (tertiary/aromatic N) is 2. The Bertz CT molecular complexity index is 1410. The standard InChI is InChI=1S/C27H34N4O6S/c1-16-8-6-9-17(2)22(16)23-18(3)24(37-15-20(28)12-13-27(4,5)34)30-26(29-23)31-38(35,36)21-11-7-10-19(14-21)25(32)33/h6-11,14,20,34H,12-13,15,28H2,1-5H3,(H,32,33)(H,29,30,31)/t20-/m1/s1. The van der Waals surface area contributed by atoms with E-state index < -0.39 is 27.6 Å². The van der Waals surface area contributed by atoms with Gasteiger partial charge in [0.15, 0.2) is 0 Å². The minimum Gasteiger partial charge on any atom is -0.478 e. The van der Waals surface area contributed by atoms with E-state index in [2.05, 4.69) is 14.7 Å². The van der Waals surface area contributed by atoms with Crippen molar-refractivity contribution in [3.8, 4) is 17.1 Å². The highest BCUT2D eigenvalue weighted by molar-refractivity contribution is 7.92. The molecule has 11 heteroatoms. The maximum atomic E-state index is 13.1. The molecule has 204 valence electrons. The van der Waals surface area contributed by atoms with E-state index in [4.69, 9.17) is 10.5 Å². The predicted octanol–water partition coefficient (Wildman–Crippen LogP) is 3.83. The SMILES string of the molecule is Cc1cccc(C)c1-c1nc(NS(=O)(=O)c2cccc(C(=O)O)c2)nc(OC[C@H](N)CCC(C)(C)O)c1C. The fourth-order valence-electron chi connectivity index (χ4n) is 3.90. The van der Waals surface area contributed by atoms with Crippen LogP contribution in [0, 0.1) is 20.8 Å². The average molecular weight is 543 g/mol. The maximum Gasteiger partial charge on any atom is 0.335 e. The predicted molar refractivity (Wildman–Crippen MR) is 145 cm³/mol. The normalized spacial score (nSPS) is 12.7. The molecule has 0 spiro atoms. The van der Waals surface area contributed by atoms with E-state index in [0.29, 0.717) is 24.1 Å². The first kappa shape index (κ1) is 29.0. The molecule has 0 unspecified atom stereocenters. The minimum atomic E-state index is -4.22. The summed E-state index contributed by atoms with van der Waals surface area (Å²) in [7, 11) is -4.22. The minimum absolute atomic E-state index is 0.0903. The Morgan fingerprint density at radius 1 is 1.11 bits per heavy atom. The van der Waals surface area contributed by atoms with Crippen LogP contribution in [0.2, 0.25) is 0 Å². The highest BCUT2D eigenvalue weighted by Crippen LogP contribution is 2.33. The molecule has 0 amide bonds. The van der Waals surface area contributed by atoms with Crippen molar-refractivity contribution in [2.24, 2.45) is 5.73 Å². The summed E-state index contributed by atoms with van der Waals surface area (Å²) in [5.74, 6) is -1.31. The van der Waals surface area contributed by atoms with Crippen LogP contribution in [0.4, 0.5) is 5.95 Å². The summed E-state index contributed by atoms with van der Waals surface area (Å²) in [6.45, 7) is 9.14. The Kier molecular flexibility index (Phi) is 8.75. The van der Waals surface area contributed by atoms with Crippen LogP contribution in [-0.4, -0.2) is 52.8 Å². The maximum absolute atomic E-state index is 13.1. The molecule has 0 aliphatic heterocycles. The zero-order valence-electron chi connectivity index (χ0n) is 22.1. The van der Waals surface area contributed by atoms with Crippen molar-refractivity contribution in [3.05, 3.63) is 64.7 Å². The van der Waals surface area contributed by atoms with Gasteiger partial charge in [-0.2, -0.15) is 4.98 Å². The highest BCUT2D eigenvalue weighted by Gasteiger charge is 2.23. The second kappa shape index (κ2) is 11.5. The van der Waals surface area contributed by atoms with Gasteiger partial charge in [-0.05, 0) is 76.8 Å². The fourth-order valence-corrected chi connectivity index (χ4v) is 4.89. The van der Waals surface area contributed by atoms with Crippen LogP contribution < -0.4 is 15.2 Å². The third kappa shape index (κ3) is 7.27. The van der Waals surface area contributed by atoms with Crippen molar-refractivity contribution in [1.29, 1.82) is 0 Å². The monoisotopic (exact) mass is 542 g/mol. The van der Waals surface area contributed by atoms with Crippen LogP contribution in [0.1, 0.15) is 53.7 Å². The molecule has 1 atom stereocenters. The zero-order chi connectivity index (χ0) is 28.3. The van der Waals surface area contributed by atoms with E-state index in [1.54, 1.807) is 20.8 Å². The summed E-state index contributed by atoms with van der Waals surface area (Å²) in [6, 6.07) is 10.4. The molecule has 0 saturated heterocycles. The molecule has 5 N–H and O–H groups in total. The van der Waals surface area contributed by atoms with Gasteiger partial charge < -0.3 is 20.7 Å². The molecular weight excluding hydrogens is 508 g/mol. The Hall–Kier alpha value is -3.54. The van der Waals surface area contributed by atoms with Crippen LogP contribution in [0.25, 0.3) is 11.3 Å². The highest BCUT2D eigenvalue weighted by atomic mass is 32.2. The molecule has 0 radical (unpaired) electrons. The number of nitrogens with one attached hydrogen (secondary N) is 1. The van der Waals surface area contributed by atoms with E-state index in [9.17, 15) is 23.4 Å². The Balaban J connectivity index is 2.02. The van der Waals surface area contributed by atoms with Gasteiger partial charge in [0, 0.05) is 17.2 Å². The van der Waals surface area contributed by atoms with Gasteiger partial charge in [0.1, 0.15) is 6.61 Å². The second-order valence-electron chi connectivity index (χ2n) is 9.95. The largest absolute Gasteiger partial charge is 0.478 e. The van der Waals surface area contributed by atoms with E-state index in [1.165, 1.54) is 18.2 Å². The molecular formula is C27H34N4O6S. The van der Waals surface area contributed by atoms with Gasteiger partial charge in [-0.25, -0.2) is 22.9 Å². The lowest BCUT2D eigenvalue weighted by Gasteiger charge is -2.21. The molecule has 2 aromatic carbocycles. The molecule has 38 heavy (non-hydrogen) atoms. The lowest BCUT2D eigenvalue weighted by atomic mass is 9.97. The summed E-state index contributed by atoms with van der Waals surface area (Å²) < 4.78 is 34.6. The number of aromatic carboxylic acids is 1. The van der Waals surface area contributed by atoms with Gasteiger partial charge in [-0.15, -0.1) is 0 Å². The number of nitrogens with two attached hydrogens (primary N) is 1. The number of rotatable bonds is 11. The van der Waals surface area contributed by atoms with Crippen molar-refractivity contribution >= 4 is 21.9 Å². The van der Waals surface area contributed by atoms with Gasteiger partial charge in [0.05, 0.1) is 21.8 Å². The van der Waals surface area contributed by atoms with Crippen molar-refractivity contribution < 1.29 is 28.2 Å². The summed E-state index contributed by atoms with van der Waals surface area (Å²) in [4.78, 5) is 19.9. The van der Waals surface area contributed by atoms with Gasteiger partial charge >= 0.3 is 5.97 Å². The average Bonchev–Trinajstić information content (AvgIpc) is 2.82. The number of carboxylic acid groups (broad SMARTS) is 1. The van der Waals surface area contributed by atoms with Crippen LogP contribution in [0.5, 0.6) is 5.88 Å². The number of aromatic nitrogens is 2. The number of sulfonamides is 1. The van der Waals surface area contributed by atoms with E-state index in [1.807, 2.05) is 32.0 Å². The van der Waals surface area contributed by atoms with Crippen LogP contribution in [0.3, 0.4) is 0 Å². The van der Waals surface area contributed by atoms with Gasteiger partial charge in [0.2, 0.25) is 11.8 Å². The lowest BCUT2D eigenvalue weighted by Crippen LogP contribution is -2.31. The van der Waals surface area contributed by atoms with Crippen LogP contribution in [-0.2, 0) is 10.0 Å². The summed E-state index contributed by atoms with van der Waals surface area (Å²) in [6.07, 6.45) is 0.991. The molecule has 0 fully saturated rings. The quantitative estimate of drug-likeness (QED) is 0.282. The number of hydrogen-bond donors (Lipinski definition) is 4. The van der Waals surface area contributed by atoms with Crippen LogP contribution >= 0.6 is 0 Å². The number of aliphatic hydroxyl groups is 1.